The summed E-state index contributed by atoms with van der Waals surface area (Å²) in [7, 11) is 0. The Balaban J connectivity index is 3.74. The van der Waals surface area contributed by atoms with Crippen LogP contribution in [0.2, 0.25) is 0 Å². The van der Waals surface area contributed by atoms with Gasteiger partial charge in [-0.05, 0) is 13.0 Å². The number of nitriles is 1. The highest BCUT2D eigenvalue weighted by Gasteiger charge is 2.07. The summed E-state index contributed by atoms with van der Waals surface area (Å²) in [5, 5.41) is 16.9. The van der Waals surface area contributed by atoms with Crippen LogP contribution in [0.15, 0.2) is 0 Å². The maximum Gasteiger partial charge on any atom is 0.317 e. The number of hydrogen-bond acceptors (Lipinski definition) is 3. The molecular weight excluding hydrogens is 168 g/mol. The lowest BCUT2D eigenvalue weighted by Gasteiger charge is -2.17. The van der Waals surface area contributed by atoms with E-state index in [1.165, 1.54) is 0 Å². The molecule has 0 bridgehead atoms. The van der Waals surface area contributed by atoms with E-state index < -0.39 is 5.97 Å². The van der Waals surface area contributed by atoms with Gasteiger partial charge in [-0.15, -0.1) is 0 Å². The molecule has 0 rings (SSSR count). The maximum atomic E-state index is 10.4. The number of carboxylic acids is 1. The lowest BCUT2D eigenvalue weighted by Crippen LogP contribution is -2.31. The molecule has 1 N–H and O–H groups in total. The Hall–Kier alpha value is -1.08. The Kier molecular flexibility index (Phi) is 6.93. The highest BCUT2D eigenvalue weighted by Crippen LogP contribution is 1.96. The molecule has 0 saturated carbocycles. The minimum Gasteiger partial charge on any atom is -0.480 e. The molecule has 0 aromatic rings. The molecule has 0 unspecified atom stereocenters. The van der Waals surface area contributed by atoms with Gasteiger partial charge >= 0.3 is 5.97 Å². The van der Waals surface area contributed by atoms with Gasteiger partial charge in [0.2, 0.25) is 0 Å². The van der Waals surface area contributed by atoms with Crippen LogP contribution < -0.4 is 0 Å². The third-order valence-electron chi connectivity index (χ3n) is 1.73. The zero-order valence-electron chi connectivity index (χ0n) is 7.99. The topological polar surface area (TPSA) is 64.3 Å². The average molecular weight is 184 g/mol. The first-order valence-electron chi connectivity index (χ1n) is 4.51. The second-order valence-corrected chi connectivity index (χ2v) is 2.93. The van der Waals surface area contributed by atoms with Crippen molar-refractivity contribution in [1.82, 2.24) is 4.90 Å². The molecule has 0 heterocycles. The van der Waals surface area contributed by atoms with Crippen LogP contribution in [0.25, 0.3) is 0 Å². The van der Waals surface area contributed by atoms with Crippen molar-refractivity contribution in [3.05, 3.63) is 0 Å². The monoisotopic (exact) mass is 184 g/mol. The van der Waals surface area contributed by atoms with Gasteiger partial charge in [0.25, 0.3) is 0 Å². The molecule has 74 valence electrons. The van der Waals surface area contributed by atoms with Gasteiger partial charge in [-0.1, -0.05) is 13.3 Å². The molecule has 0 atom stereocenters. The zero-order chi connectivity index (χ0) is 10.1. The fraction of sp³-hybridized carbons (Fsp3) is 0.778. The van der Waals surface area contributed by atoms with E-state index in [0.29, 0.717) is 13.0 Å². The van der Waals surface area contributed by atoms with Crippen molar-refractivity contribution in [1.29, 1.82) is 5.26 Å². The van der Waals surface area contributed by atoms with Gasteiger partial charge in [0, 0.05) is 13.0 Å². The molecule has 0 aromatic heterocycles. The second-order valence-electron chi connectivity index (χ2n) is 2.93. The lowest BCUT2D eigenvalue weighted by molar-refractivity contribution is -0.138. The van der Waals surface area contributed by atoms with E-state index in [2.05, 4.69) is 6.92 Å². The van der Waals surface area contributed by atoms with Gasteiger partial charge < -0.3 is 5.11 Å². The zero-order valence-corrected chi connectivity index (χ0v) is 7.99. The SMILES string of the molecule is CCCCN(CCC#N)CC(=O)O. The summed E-state index contributed by atoms with van der Waals surface area (Å²) in [5.74, 6) is -0.825. The number of unbranched alkanes of at least 4 members (excludes halogenated alkanes) is 1. The summed E-state index contributed by atoms with van der Waals surface area (Å²) in [6.07, 6.45) is 2.43. The molecule has 0 radical (unpaired) electrons. The van der Waals surface area contributed by atoms with Gasteiger partial charge in [0.1, 0.15) is 0 Å². The van der Waals surface area contributed by atoms with Crippen LogP contribution in [-0.4, -0.2) is 35.6 Å². The summed E-state index contributed by atoms with van der Waals surface area (Å²) < 4.78 is 0. The van der Waals surface area contributed by atoms with Crippen molar-refractivity contribution in [3.63, 3.8) is 0 Å². The van der Waals surface area contributed by atoms with E-state index in [9.17, 15) is 4.79 Å². The largest absolute Gasteiger partial charge is 0.480 e. The number of hydrogen-bond donors (Lipinski definition) is 1. The molecule has 0 aliphatic heterocycles. The van der Waals surface area contributed by atoms with E-state index >= 15 is 0 Å². The number of aliphatic carboxylic acids is 1. The molecule has 4 nitrogen and oxygen atoms in total. The van der Waals surface area contributed by atoms with Gasteiger partial charge in [-0.3, -0.25) is 9.69 Å². The molecular formula is C9H16N2O2. The minimum atomic E-state index is -0.825. The highest BCUT2D eigenvalue weighted by atomic mass is 16.4. The van der Waals surface area contributed by atoms with Crippen molar-refractivity contribution in [2.45, 2.75) is 26.2 Å². The predicted molar refractivity (Wildman–Crippen MR) is 49.2 cm³/mol. The van der Waals surface area contributed by atoms with Crippen LogP contribution in [0.3, 0.4) is 0 Å². The molecule has 0 aliphatic rings. The highest BCUT2D eigenvalue weighted by molar-refractivity contribution is 5.69. The van der Waals surface area contributed by atoms with E-state index in [4.69, 9.17) is 10.4 Å². The maximum absolute atomic E-state index is 10.4. The van der Waals surface area contributed by atoms with Gasteiger partial charge in [0.15, 0.2) is 0 Å². The molecule has 0 saturated heterocycles. The Bertz CT molecular complexity index is 187. The Morgan fingerprint density at radius 3 is 2.69 bits per heavy atom. The summed E-state index contributed by atoms with van der Waals surface area (Å²) in [6, 6.07) is 2.01. The van der Waals surface area contributed by atoms with Gasteiger partial charge in [0.05, 0.1) is 12.6 Å². The molecule has 13 heavy (non-hydrogen) atoms. The number of nitrogens with zero attached hydrogens (tertiary/aromatic N) is 2. The number of carboxylic acid groups (broad SMARTS) is 1. The molecule has 0 fully saturated rings. The van der Waals surface area contributed by atoms with Crippen LogP contribution in [-0.2, 0) is 4.79 Å². The van der Waals surface area contributed by atoms with Gasteiger partial charge in [-0.25, -0.2) is 0 Å². The van der Waals surface area contributed by atoms with Crippen molar-refractivity contribution in [3.8, 4) is 6.07 Å². The first kappa shape index (κ1) is 11.9. The van der Waals surface area contributed by atoms with Crippen LogP contribution in [0, 0.1) is 11.3 Å². The first-order valence-corrected chi connectivity index (χ1v) is 4.51. The Morgan fingerprint density at radius 2 is 2.23 bits per heavy atom. The molecule has 0 spiro atoms. The van der Waals surface area contributed by atoms with Crippen LogP contribution in [0.5, 0.6) is 0 Å². The number of rotatable bonds is 7. The van der Waals surface area contributed by atoms with Crippen molar-refractivity contribution < 1.29 is 9.90 Å². The van der Waals surface area contributed by atoms with E-state index in [-0.39, 0.29) is 6.54 Å². The molecule has 0 aliphatic carbocycles. The summed E-state index contributed by atoms with van der Waals surface area (Å²) in [4.78, 5) is 12.2. The minimum absolute atomic E-state index is 0.0433. The smallest absolute Gasteiger partial charge is 0.317 e. The average Bonchev–Trinajstić information content (AvgIpc) is 2.09. The van der Waals surface area contributed by atoms with Crippen LogP contribution in [0.4, 0.5) is 0 Å². The molecule has 0 aromatic carbocycles. The Morgan fingerprint density at radius 1 is 1.54 bits per heavy atom. The normalized spacial score (nSPS) is 9.92. The number of carbonyl (C=O) groups is 1. The quantitative estimate of drug-likeness (QED) is 0.643. The standard InChI is InChI=1S/C9H16N2O2/c1-2-3-6-11(7-4-5-10)8-9(12)13/h2-4,6-8H2,1H3,(H,12,13). The second kappa shape index (κ2) is 7.56. The summed E-state index contributed by atoms with van der Waals surface area (Å²) in [6.45, 7) is 3.43. The fourth-order valence-electron chi connectivity index (χ4n) is 1.05. The molecule has 4 heteroatoms. The third-order valence-corrected chi connectivity index (χ3v) is 1.73. The van der Waals surface area contributed by atoms with E-state index in [1.54, 1.807) is 4.90 Å². The molecule has 0 amide bonds. The first-order chi connectivity index (χ1) is 6.20. The Labute approximate surface area is 78.8 Å². The van der Waals surface area contributed by atoms with E-state index in [0.717, 1.165) is 19.4 Å². The lowest BCUT2D eigenvalue weighted by atomic mass is 10.3. The van der Waals surface area contributed by atoms with E-state index in [1.807, 2.05) is 6.07 Å². The fourth-order valence-corrected chi connectivity index (χ4v) is 1.05. The van der Waals surface area contributed by atoms with Crippen LogP contribution >= 0.6 is 0 Å². The van der Waals surface area contributed by atoms with Crippen molar-refractivity contribution in [2.24, 2.45) is 0 Å². The predicted octanol–water partition coefficient (Wildman–Crippen LogP) is 1.09. The third kappa shape index (κ3) is 7.29. The van der Waals surface area contributed by atoms with Crippen LogP contribution in [0.1, 0.15) is 26.2 Å². The van der Waals surface area contributed by atoms with Crippen molar-refractivity contribution in [2.75, 3.05) is 19.6 Å². The van der Waals surface area contributed by atoms with Gasteiger partial charge in [-0.2, -0.15) is 5.26 Å². The summed E-state index contributed by atoms with van der Waals surface area (Å²) >= 11 is 0. The van der Waals surface area contributed by atoms with Crippen molar-refractivity contribution >= 4 is 5.97 Å². The summed E-state index contributed by atoms with van der Waals surface area (Å²) in [5.41, 5.74) is 0.